The molecule has 5 rings (SSSR count). The summed E-state index contributed by atoms with van der Waals surface area (Å²) in [6, 6.07) is 12.9. The fourth-order valence-corrected chi connectivity index (χ4v) is 5.22. The summed E-state index contributed by atoms with van der Waals surface area (Å²) in [4.78, 5) is 34.1. The third-order valence-electron chi connectivity index (χ3n) is 7.10. The number of pyridine rings is 1. The van der Waals surface area contributed by atoms with Crippen molar-refractivity contribution in [2.24, 2.45) is 0 Å². The van der Waals surface area contributed by atoms with Crippen LogP contribution in [0, 0.1) is 5.82 Å². The predicted molar refractivity (Wildman–Crippen MR) is 134 cm³/mol. The Balaban J connectivity index is 1.36. The highest BCUT2D eigenvalue weighted by molar-refractivity contribution is 6.08. The monoisotopic (exact) mass is 476 g/mol. The van der Waals surface area contributed by atoms with Crippen molar-refractivity contribution in [2.45, 2.75) is 38.1 Å². The molecule has 8 heteroatoms. The van der Waals surface area contributed by atoms with Crippen LogP contribution in [-0.2, 0) is 0 Å². The summed E-state index contributed by atoms with van der Waals surface area (Å²) >= 11 is 0. The Morgan fingerprint density at radius 3 is 2.40 bits per heavy atom. The Morgan fingerprint density at radius 1 is 0.943 bits per heavy atom. The highest BCUT2D eigenvalue weighted by Gasteiger charge is 2.27. The molecule has 0 saturated carbocycles. The number of carboxylic acid groups (broad SMARTS) is 1. The lowest BCUT2D eigenvalue weighted by Crippen LogP contribution is -2.47. The number of carboxylic acids is 1. The van der Waals surface area contributed by atoms with E-state index in [1.807, 2.05) is 0 Å². The maximum absolute atomic E-state index is 14.0. The zero-order valence-corrected chi connectivity index (χ0v) is 19.5. The van der Waals surface area contributed by atoms with Gasteiger partial charge in [0.25, 0.3) is 5.91 Å². The van der Waals surface area contributed by atoms with Gasteiger partial charge in [0.1, 0.15) is 11.6 Å². The predicted octanol–water partition coefficient (Wildman–Crippen LogP) is 4.78. The Morgan fingerprint density at radius 2 is 1.69 bits per heavy atom. The first-order valence-corrected chi connectivity index (χ1v) is 12.2. The van der Waals surface area contributed by atoms with Crippen molar-refractivity contribution in [2.75, 3.05) is 36.4 Å². The van der Waals surface area contributed by atoms with Crippen LogP contribution in [0.25, 0.3) is 10.9 Å². The van der Waals surface area contributed by atoms with Gasteiger partial charge in [-0.25, -0.2) is 14.2 Å². The van der Waals surface area contributed by atoms with E-state index >= 15 is 0 Å². The van der Waals surface area contributed by atoms with Crippen molar-refractivity contribution in [1.82, 2.24) is 9.88 Å². The summed E-state index contributed by atoms with van der Waals surface area (Å²) in [6.07, 6.45) is 5.96. The number of anilines is 2. The molecular formula is C27H29FN4O3. The number of piperidine rings is 2. The standard InChI is InChI=1S/C27H29FN4O3/c28-23-7-3-2-6-20(23)26(33)29-18-8-9-24-21(16-18)22(27(34)35)17-25(30-24)32-14-10-19(11-15-32)31-12-4-1-5-13-31/h2-3,6-9,16-17,19H,1,4-5,10-15H2,(H,29,33)(H,34,35). The van der Waals surface area contributed by atoms with Crippen molar-refractivity contribution >= 4 is 34.3 Å². The lowest BCUT2D eigenvalue weighted by atomic mass is 9.99. The molecule has 7 nitrogen and oxygen atoms in total. The molecule has 2 fully saturated rings. The summed E-state index contributed by atoms with van der Waals surface area (Å²) in [5.74, 6) is -1.61. The molecule has 3 heterocycles. The van der Waals surface area contributed by atoms with Crippen LogP contribution in [0.3, 0.4) is 0 Å². The summed E-state index contributed by atoms with van der Waals surface area (Å²) in [5, 5.41) is 13.0. The third-order valence-corrected chi connectivity index (χ3v) is 7.10. The number of likely N-dealkylation sites (tertiary alicyclic amines) is 1. The van der Waals surface area contributed by atoms with Gasteiger partial charge < -0.3 is 20.2 Å². The molecule has 0 aliphatic carbocycles. The largest absolute Gasteiger partial charge is 0.478 e. The van der Waals surface area contributed by atoms with Crippen molar-refractivity contribution in [3.63, 3.8) is 0 Å². The number of hydrogen-bond acceptors (Lipinski definition) is 5. The molecule has 0 radical (unpaired) electrons. The second-order valence-electron chi connectivity index (χ2n) is 9.31. The molecule has 35 heavy (non-hydrogen) atoms. The van der Waals surface area contributed by atoms with E-state index < -0.39 is 17.7 Å². The van der Waals surface area contributed by atoms with Crippen LogP contribution in [-0.4, -0.2) is 59.1 Å². The number of benzene rings is 2. The van der Waals surface area contributed by atoms with E-state index in [1.54, 1.807) is 30.3 Å². The number of hydrogen-bond donors (Lipinski definition) is 2. The summed E-state index contributed by atoms with van der Waals surface area (Å²) in [5.41, 5.74) is 0.977. The van der Waals surface area contributed by atoms with E-state index in [-0.39, 0.29) is 11.1 Å². The van der Waals surface area contributed by atoms with Crippen molar-refractivity contribution in [3.05, 3.63) is 65.5 Å². The van der Waals surface area contributed by atoms with Crippen LogP contribution in [0.1, 0.15) is 52.8 Å². The highest BCUT2D eigenvalue weighted by Crippen LogP contribution is 2.29. The SMILES string of the molecule is O=C(Nc1ccc2nc(N3CCC(N4CCCCC4)CC3)cc(C(=O)O)c2c1)c1ccccc1F. The van der Waals surface area contributed by atoms with Crippen LogP contribution < -0.4 is 10.2 Å². The molecule has 2 aliphatic heterocycles. The second-order valence-corrected chi connectivity index (χ2v) is 9.31. The Bertz CT molecular complexity index is 1250. The van der Waals surface area contributed by atoms with Gasteiger partial charge in [0, 0.05) is 30.2 Å². The number of carbonyl (C=O) groups is 2. The van der Waals surface area contributed by atoms with Crippen molar-refractivity contribution in [1.29, 1.82) is 0 Å². The number of aromatic carboxylic acids is 1. The van der Waals surface area contributed by atoms with E-state index in [0.717, 1.165) is 25.9 Å². The number of rotatable bonds is 5. The van der Waals surface area contributed by atoms with Crippen molar-refractivity contribution in [3.8, 4) is 0 Å². The maximum atomic E-state index is 14.0. The van der Waals surface area contributed by atoms with Crippen LogP contribution in [0.5, 0.6) is 0 Å². The van der Waals surface area contributed by atoms with E-state index in [4.69, 9.17) is 4.98 Å². The quantitative estimate of drug-likeness (QED) is 0.551. The molecule has 182 valence electrons. The second kappa shape index (κ2) is 10.00. The molecule has 0 unspecified atom stereocenters. The number of aromatic nitrogens is 1. The topological polar surface area (TPSA) is 85.8 Å². The fourth-order valence-electron chi connectivity index (χ4n) is 5.22. The van der Waals surface area contributed by atoms with Gasteiger partial charge in [-0.05, 0) is 75.2 Å². The minimum Gasteiger partial charge on any atom is -0.478 e. The molecule has 2 aliphatic rings. The first-order valence-electron chi connectivity index (χ1n) is 12.2. The normalized spacial score (nSPS) is 17.5. The number of nitrogens with one attached hydrogen (secondary N) is 1. The fraction of sp³-hybridized carbons (Fsp3) is 0.370. The van der Waals surface area contributed by atoms with Crippen LogP contribution in [0.2, 0.25) is 0 Å². The minimum atomic E-state index is -1.06. The maximum Gasteiger partial charge on any atom is 0.336 e. The van der Waals surface area contributed by atoms with E-state index in [0.29, 0.717) is 28.5 Å². The lowest BCUT2D eigenvalue weighted by Gasteiger charge is -2.40. The zero-order chi connectivity index (χ0) is 24.4. The molecule has 0 bridgehead atoms. The van der Waals surface area contributed by atoms with Gasteiger partial charge in [-0.15, -0.1) is 0 Å². The minimum absolute atomic E-state index is 0.0764. The van der Waals surface area contributed by atoms with E-state index in [2.05, 4.69) is 15.1 Å². The van der Waals surface area contributed by atoms with E-state index in [9.17, 15) is 19.1 Å². The van der Waals surface area contributed by atoms with Crippen LogP contribution in [0.15, 0.2) is 48.5 Å². The summed E-state index contributed by atoms with van der Waals surface area (Å²) in [6.45, 7) is 4.04. The van der Waals surface area contributed by atoms with Crippen molar-refractivity contribution < 1.29 is 19.1 Å². The number of carbonyl (C=O) groups excluding carboxylic acids is 1. The number of halogens is 1. The molecule has 2 N–H and O–H groups in total. The molecule has 3 aromatic rings. The molecule has 0 atom stereocenters. The summed E-state index contributed by atoms with van der Waals surface area (Å²) in [7, 11) is 0. The smallest absolute Gasteiger partial charge is 0.336 e. The van der Waals surface area contributed by atoms with Crippen LogP contribution >= 0.6 is 0 Å². The van der Waals surface area contributed by atoms with Gasteiger partial charge in [-0.3, -0.25) is 4.79 Å². The van der Waals surface area contributed by atoms with Gasteiger partial charge in [-0.1, -0.05) is 18.6 Å². The molecule has 2 aromatic carbocycles. The van der Waals surface area contributed by atoms with Gasteiger partial charge in [0.05, 0.1) is 16.6 Å². The number of nitrogens with zero attached hydrogens (tertiary/aromatic N) is 3. The van der Waals surface area contributed by atoms with Gasteiger partial charge >= 0.3 is 5.97 Å². The average Bonchev–Trinajstić information content (AvgIpc) is 2.89. The molecule has 1 amide bonds. The van der Waals surface area contributed by atoms with Gasteiger partial charge in [-0.2, -0.15) is 0 Å². The molecular weight excluding hydrogens is 447 g/mol. The number of amides is 1. The van der Waals surface area contributed by atoms with Crippen LogP contribution in [0.4, 0.5) is 15.9 Å². The lowest BCUT2D eigenvalue weighted by molar-refractivity contribution is 0.0698. The first kappa shape index (κ1) is 23.2. The third kappa shape index (κ3) is 4.98. The molecule has 0 spiro atoms. The number of fused-ring (bicyclic) bond motifs is 1. The Kier molecular flexibility index (Phi) is 6.63. The molecule has 1 aromatic heterocycles. The van der Waals surface area contributed by atoms with Gasteiger partial charge in [0.2, 0.25) is 0 Å². The zero-order valence-electron chi connectivity index (χ0n) is 19.5. The van der Waals surface area contributed by atoms with Gasteiger partial charge in [0.15, 0.2) is 0 Å². The Labute approximate surface area is 203 Å². The highest BCUT2D eigenvalue weighted by atomic mass is 19.1. The average molecular weight is 477 g/mol. The molecule has 2 saturated heterocycles. The first-order chi connectivity index (χ1) is 17.0. The summed E-state index contributed by atoms with van der Waals surface area (Å²) < 4.78 is 14.0. The van der Waals surface area contributed by atoms with E-state index in [1.165, 1.54) is 50.6 Å². The Hall–Kier alpha value is -3.52.